The molecule has 2 N–H and O–H groups in total. The third-order valence-electron chi connectivity index (χ3n) is 3.03. The van der Waals surface area contributed by atoms with Crippen LogP contribution in [0.1, 0.15) is 12.8 Å². The van der Waals surface area contributed by atoms with Crippen LogP contribution in [-0.2, 0) is 10.0 Å². The van der Waals surface area contributed by atoms with Crippen molar-refractivity contribution in [2.24, 2.45) is 5.73 Å². The molecule has 1 aromatic rings. The maximum absolute atomic E-state index is 12.4. The SMILES string of the molecule is NC1CCN(S(=O)(=O)c2ccc(Br)c(Cl)c2)CC1. The zero-order chi connectivity index (χ0) is 13.3. The Hall–Kier alpha value is -0.140. The summed E-state index contributed by atoms with van der Waals surface area (Å²) in [6, 6.07) is 4.77. The Bertz CT molecular complexity index is 542. The van der Waals surface area contributed by atoms with Crippen molar-refractivity contribution >= 4 is 37.6 Å². The second kappa shape index (κ2) is 5.46. The fourth-order valence-electron chi connectivity index (χ4n) is 1.90. The average Bonchev–Trinajstić information content (AvgIpc) is 2.33. The Morgan fingerprint density at radius 2 is 1.94 bits per heavy atom. The monoisotopic (exact) mass is 352 g/mol. The quantitative estimate of drug-likeness (QED) is 0.886. The molecule has 0 aromatic heterocycles. The van der Waals surface area contributed by atoms with Gasteiger partial charge in [0.25, 0.3) is 0 Å². The van der Waals surface area contributed by atoms with Crippen LogP contribution in [0.5, 0.6) is 0 Å². The molecular weight excluding hydrogens is 340 g/mol. The van der Waals surface area contributed by atoms with Crippen molar-refractivity contribution in [3.8, 4) is 0 Å². The van der Waals surface area contributed by atoms with E-state index in [1.807, 2.05) is 0 Å². The lowest BCUT2D eigenvalue weighted by Gasteiger charge is -2.29. The molecule has 0 atom stereocenters. The van der Waals surface area contributed by atoms with Crippen LogP contribution in [0, 0.1) is 0 Å². The second-order valence-electron chi connectivity index (χ2n) is 4.32. The van der Waals surface area contributed by atoms with E-state index in [-0.39, 0.29) is 10.9 Å². The fourth-order valence-corrected chi connectivity index (χ4v) is 3.89. The summed E-state index contributed by atoms with van der Waals surface area (Å²) in [7, 11) is -3.45. The van der Waals surface area contributed by atoms with Crippen LogP contribution < -0.4 is 5.73 Å². The number of halogens is 2. The highest BCUT2D eigenvalue weighted by Crippen LogP contribution is 2.27. The Morgan fingerprint density at radius 1 is 1.33 bits per heavy atom. The molecule has 0 unspecified atom stereocenters. The first kappa shape index (κ1) is 14.3. The highest BCUT2D eigenvalue weighted by Gasteiger charge is 2.28. The summed E-state index contributed by atoms with van der Waals surface area (Å²) in [6.45, 7) is 0.939. The predicted molar refractivity (Wildman–Crippen MR) is 75.1 cm³/mol. The number of nitrogens with zero attached hydrogens (tertiary/aromatic N) is 1. The van der Waals surface area contributed by atoms with Crippen molar-refractivity contribution in [3.05, 3.63) is 27.7 Å². The third kappa shape index (κ3) is 2.88. The first-order valence-electron chi connectivity index (χ1n) is 5.62. The molecule has 1 aliphatic heterocycles. The highest BCUT2D eigenvalue weighted by molar-refractivity contribution is 9.10. The molecule has 0 bridgehead atoms. The predicted octanol–water partition coefficient (Wildman–Crippen LogP) is 2.21. The lowest BCUT2D eigenvalue weighted by atomic mass is 10.1. The number of hydrogen-bond donors (Lipinski definition) is 1. The van der Waals surface area contributed by atoms with E-state index in [0.29, 0.717) is 35.4 Å². The van der Waals surface area contributed by atoms with E-state index in [1.54, 1.807) is 12.1 Å². The minimum absolute atomic E-state index is 0.102. The number of rotatable bonds is 2. The van der Waals surface area contributed by atoms with Gasteiger partial charge >= 0.3 is 0 Å². The molecule has 100 valence electrons. The Balaban J connectivity index is 2.27. The lowest BCUT2D eigenvalue weighted by molar-refractivity contribution is 0.320. The number of benzene rings is 1. The first-order valence-corrected chi connectivity index (χ1v) is 8.23. The molecule has 7 heteroatoms. The van der Waals surface area contributed by atoms with Crippen LogP contribution in [0.25, 0.3) is 0 Å². The fraction of sp³-hybridized carbons (Fsp3) is 0.455. The second-order valence-corrected chi connectivity index (χ2v) is 7.52. The highest BCUT2D eigenvalue weighted by atomic mass is 79.9. The van der Waals surface area contributed by atoms with Gasteiger partial charge in [0, 0.05) is 23.6 Å². The van der Waals surface area contributed by atoms with Crippen LogP contribution >= 0.6 is 27.5 Å². The lowest BCUT2D eigenvalue weighted by Crippen LogP contribution is -2.42. The molecule has 0 spiro atoms. The minimum atomic E-state index is -3.45. The molecule has 4 nitrogen and oxygen atoms in total. The van der Waals surface area contributed by atoms with Gasteiger partial charge in [-0.15, -0.1) is 0 Å². The average molecular weight is 354 g/mol. The molecule has 1 aromatic carbocycles. The normalized spacial score (nSPS) is 19.1. The maximum atomic E-state index is 12.4. The van der Waals surface area contributed by atoms with Gasteiger partial charge in [-0.05, 0) is 47.0 Å². The van der Waals surface area contributed by atoms with Gasteiger partial charge in [0.2, 0.25) is 10.0 Å². The van der Waals surface area contributed by atoms with Gasteiger partial charge in [0.1, 0.15) is 0 Å². The van der Waals surface area contributed by atoms with Crippen molar-refractivity contribution in [3.63, 3.8) is 0 Å². The number of piperidine rings is 1. The first-order chi connectivity index (χ1) is 8.41. The topological polar surface area (TPSA) is 63.4 Å². The number of nitrogens with two attached hydrogens (primary N) is 1. The van der Waals surface area contributed by atoms with Gasteiger partial charge in [-0.3, -0.25) is 0 Å². The van der Waals surface area contributed by atoms with Crippen molar-refractivity contribution in [1.29, 1.82) is 0 Å². The van der Waals surface area contributed by atoms with Crippen LogP contribution in [0.4, 0.5) is 0 Å². The molecule has 0 aliphatic carbocycles. The van der Waals surface area contributed by atoms with E-state index in [4.69, 9.17) is 17.3 Å². The molecule has 0 radical (unpaired) electrons. The Labute approximate surface area is 120 Å². The zero-order valence-corrected chi connectivity index (χ0v) is 12.8. The van der Waals surface area contributed by atoms with Gasteiger partial charge in [0.15, 0.2) is 0 Å². The molecule has 18 heavy (non-hydrogen) atoms. The molecule has 1 aliphatic rings. The van der Waals surface area contributed by atoms with Gasteiger partial charge in [-0.25, -0.2) is 8.42 Å². The standard InChI is InChI=1S/C11H14BrClN2O2S/c12-10-2-1-9(7-11(10)13)18(16,17)15-5-3-8(14)4-6-15/h1-2,7-8H,3-6,14H2. The molecule has 1 saturated heterocycles. The van der Waals surface area contributed by atoms with Crippen LogP contribution in [0.3, 0.4) is 0 Å². The minimum Gasteiger partial charge on any atom is -0.328 e. The summed E-state index contributed by atoms with van der Waals surface area (Å²) >= 11 is 9.18. The zero-order valence-electron chi connectivity index (χ0n) is 9.64. The van der Waals surface area contributed by atoms with E-state index in [0.717, 1.165) is 0 Å². The molecule has 2 rings (SSSR count). The van der Waals surface area contributed by atoms with Gasteiger partial charge in [0.05, 0.1) is 9.92 Å². The Kier molecular flexibility index (Phi) is 4.33. The molecule has 1 fully saturated rings. The van der Waals surface area contributed by atoms with E-state index >= 15 is 0 Å². The molecule has 1 heterocycles. The summed E-state index contributed by atoms with van der Waals surface area (Å²) < 4.78 is 26.9. The van der Waals surface area contributed by atoms with Gasteiger partial charge < -0.3 is 5.73 Å². The number of sulfonamides is 1. The van der Waals surface area contributed by atoms with E-state index < -0.39 is 10.0 Å². The summed E-state index contributed by atoms with van der Waals surface area (Å²) in [5.41, 5.74) is 5.77. The van der Waals surface area contributed by atoms with Gasteiger partial charge in [-0.2, -0.15) is 4.31 Å². The van der Waals surface area contributed by atoms with Crippen molar-refractivity contribution in [1.82, 2.24) is 4.31 Å². The summed E-state index contributed by atoms with van der Waals surface area (Å²) in [5.74, 6) is 0. The summed E-state index contributed by atoms with van der Waals surface area (Å²) in [5, 5.41) is 0.393. The maximum Gasteiger partial charge on any atom is 0.243 e. The van der Waals surface area contributed by atoms with E-state index in [1.165, 1.54) is 10.4 Å². The van der Waals surface area contributed by atoms with Crippen LogP contribution in [-0.4, -0.2) is 31.9 Å². The third-order valence-corrected chi connectivity index (χ3v) is 6.15. The summed E-state index contributed by atoms with van der Waals surface area (Å²) in [4.78, 5) is 0.228. The van der Waals surface area contributed by atoms with Crippen molar-refractivity contribution in [2.75, 3.05) is 13.1 Å². The van der Waals surface area contributed by atoms with Gasteiger partial charge in [-0.1, -0.05) is 11.6 Å². The van der Waals surface area contributed by atoms with Crippen molar-refractivity contribution in [2.45, 2.75) is 23.8 Å². The number of hydrogen-bond acceptors (Lipinski definition) is 3. The molecule has 0 saturated carbocycles. The van der Waals surface area contributed by atoms with E-state index in [2.05, 4.69) is 15.9 Å². The van der Waals surface area contributed by atoms with Crippen LogP contribution in [0.2, 0.25) is 5.02 Å². The van der Waals surface area contributed by atoms with Crippen LogP contribution in [0.15, 0.2) is 27.6 Å². The molecule has 0 amide bonds. The smallest absolute Gasteiger partial charge is 0.243 e. The Morgan fingerprint density at radius 3 is 2.50 bits per heavy atom. The van der Waals surface area contributed by atoms with Crippen molar-refractivity contribution < 1.29 is 8.42 Å². The molecular formula is C11H14BrClN2O2S. The largest absolute Gasteiger partial charge is 0.328 e. The summed E-state index contributed by atoms with van der Waals surface area (Å²) in [6.07, 6.45) is 1.40. The van der Waals surface area contributed by atoms with E-state index in [9.17, 15) is 8.42 Å².